The van der Waals surface area contributed by atoms with Gasteiger partial charge in [-0.3, -0.25) is 23.2 Å². The molecule has 1 N–H and O–H groups in total. The Morgan fingerprint density at radius 3 is 2.24 bits per heavy atom. The van der Waals surface area contributed by atoms with E-state index in [2.05, 4.69) is 32.3 Å². The average molecular weight is 952 g/mol. The van der Waals surface area contributed by atoms with E-state index < -0.39 is 129 Å². The quantitative estimate of drug-likeness (QED) is 0.0771. The van der Waals surface area contributed by atoms with Crippen LogP contribution in [-0.4, -0.2) is 68.7 Å². The zero-order chi connectivity index (χ0) is 46.6. The number of halogens is 11. The third-order valence-electron chi connectivity index (χ3n) is 9.84. The molecule has 24 heteroatoms. The number of hydrogen-bond donors (Lipinski definition) is 1. The van der Waals surface area contributed by atoms with Crippen molar-refractivity contribution in [2.24, 2.45) is 0 Å². The van der Waals surface area contributed by atoms with Gasteiger partial charge in [-0.1, -0.05) is 23.6 Å². The molecule has 3 aromatic heterocycles. The second-order valence-electron chi connectivity index (χ2n) is 14.8. The van der Waals surface area contributed by atoms with Crippen molar-refractivity contribution in [3.8, 4) is 23.0 Å². The molecule has 1 aliphatic rings. The van der Waals surface area contributed by atoms with Gasteiger partial charge in [-0.25, -0.2) is 22.3 Å². The van der Waals surface area contributed by atoms with Gasteiger partial charge in [0.15, 0.2) is 11.5 Å². The minimum atomic E-state index is -5.17. The molecule has 6 rings (SSSR count). The van der Waals surface area contributed by atoms with Crippen molar-refractivity contribution < 1.29 is 61.9 Å². The molecule has 336 valence electrons. The maximum atomic E-state index is 15.0. The number of benzene rings is 2. The lowest BCUT2D eigenvalue weighted by atomic mass is 9.93. The first-order valence-corrected chi connectivity index (χ1v) is 21.7. The summed E-state index contributed by atoms with van der Waals surface area (Å²) in [6.45, 7) is 0.0534. The molecule has 0 fully saturated rings. The highest BCUT2D eigenvalue weighted by Gasteiger charge is 2.50. The summed E-state index contributed by atoms with van der Waals surface area (Å²) in [6.07, 6.45) is -9.95. The van der Waals surface area contributed by atoms with Crippen LogP contribution < -0.4 is 9.62 Å². The molecule has 3 unspecified atom stereocenters. The second-order valence-corrected chi connectivity index (χ2v) is 18.3. The lowest BCUT2D eigenvalue weighted by Crippen LogP contribution is -2.35. The summed E-state index contributed by atoms with van der Waals surface area (Å²) in [7, 11) is -3.72. The first-order chi connectivity index (χ1) is 29.2. The monoisotopic (exact) mass is 951 g/mol. The summed E-state index contributed by atoms with van der Waals surface area (Å²) < 4.78 is 169. The smallest absolute Gasteiger partial charge is 0.346 e. The van der Waals surface area contributed by atoms with Gasteiger partial charge in [-0.2, -0.15) is 45.3 Å². The molecule has 11 nitrogen and oxygen atoms in total. The van der Waals surface area contributed by atoms with Gasteiger partial charge in [-0.05, 0) is 68.5 Å². The third-order valence-corrected chi connectivity index (χ3v) is 12.5. The molecule has 0 saturated heterocycles. The highest BCUT2D eigenvalue weighted by Crippen LogP contribution is 2.47. The van der Waals surface area contributed by atoms with Crippen LogP contribution in [0, 0.1) is 23.5 Å². The van der Waals surface area contributed by atoms with Gasteiger partial charge in [-0.15, -0.1) is 0 Å². The number of carbonyl (C=O) groups excluding carboxylic acids is 2. The van der Waals surface area contributed by atoms with Crippen molar-refractivity contribution in [3.05, 3.63) is 93.0 Å². The van der Waals surface area contributed by atoms with Crippen LogP contribution in [0.15, 0.2) is 42.5 Å². The number of pyridine rings is 1. The van der Waals surface area contributed by atoms with E-state index in [-0.39, 0.29) is 49.6 Å². The fourth-order valence-corrected chi connectivity index (χ4v) is 7.84. The van der Waals surface area contributed by atoms with E-state index in [4.69, 9.17) is 11.6 Å². The number of anilines is 1. The molecule has 3 atom stereocenters. The van der Waals surface area contributed by atoms with E-state index in [9.17, 15) is 53.1 Å². The number of carbonyl (C=O) groups is 2. The first kappa shape index (κ1) is 47.1. The largest absolute Gasteiger partial charge is 0.435 e. The topological polar surface area (TPSA) is 132 Å². The Labute approximate surface area is 361 Å². The molecule has 1 aliphatic carbocycles. The number of amides is 2. The van der Waals surface area contributed by atoms with Gasteiger partial charge in [0.2, 0.25) is 12.3 Å². The molecule has 0 saturated carbocycles. The number of rotatable bonds is 12. The third kappa shape index (κ3) is 10.1. The summed E-state index contributed by atoms with van der Waals surface area (Å²) in [4.78, 5) is 30.6. The van der Waals surface area contributed by atoms with Crippen molar-refractivity contribution in [2.75, 3.05) is 16.8 Å². The van der Waals surface area contributed by atoms with E-state index in [0.29, 0.717) is 15.1 Å². The minimum absolute atomic E-state index is 0.0519. The number of hydrogen-bond acceptors (Lipinski definition) is 7. The van der Waals surface area contributed by atoms with E-state index in [1.807, 2.05) is 0 Å². The fourth-order valence-electron chi connectivity index (χ4n) is 6.92. The molecular weight excluding hydrogens is 920 g/mol. The second kappa shape index (κ2) is 17.3. The molecule has 0 bridgehead atoms. The molecule has 3 heterocycles. The average Bonchev–Trinajstić information content (AvgIpc) is 3.81. The predicted octanol–water partition coefficient (Wildman–Crippen LogP) is 7.71. The molecule has 0 aliphatic heterocycles. The van der Waals surface area contributed by atoms with Gasteiger partial charge in [0.25, 0.3) is 5.92 Å². The summed E-state index contributed by atoms with van der Waals surface area (Å²) in [6, 6.07) is 5.62. The highest BCUT2D eigenvalue weighted by molar-refractivity contribution is 7.86. The highest BCUT2D eigenvalue weighted by atomic mass is 35.5. The van der Waals surface area contributed by atoms with Crippen molar-refractivity contribution >= 4 is 62.4 Å². The normalized spacial score (nSPS) is 15.3. The summed E-state index contributed by atoms with van der Waals surface area (Å²) in [5.41, 5.74) is -4.87. The van der Waals surface area contributed by atoms with E-state index >= 15 is 8.78 Å². The Bertz CT molecular complexity index is 2740. The van der Waals surface area contributed by atoms with Gasteiger partial charge in [0.05, 0.1) is 27.7 Å². The van der Waals surface area contributed by atoms with Crippen LogP contribution in [0.3, 0.4) is 0 Å². The van der Waals surface area contributed by atoms with Gasteiger partial charge in [0.1, 0.15) is 51.8 Å². The van der Waals surface area contributed by atoms with E-state index in [1.165, 1.54) is 30.5 Å². The minimum Gasteiger partial charge on any atom is -0.346 e. The van der Waals surface area contributed by atoms with Crippen molar-refractivity contribution in [1.82, 2.24) is 29.9 Å². The van der Waals surface area contributed by atoms with Crippen LogP contribution in [0.4, 0.5) is 49.7 Å². The molecular formula is C39H32ClF10N7O4S2. The number of aromatic nitrogens is 5. The van der Waals surface area contributed by atoms with Crippen LogP contribution >= 0.6 is 11.6 Å². The summed E-state index contributed by atoms with van der Waals surface area (Å²) in [5, 5.41) is 9.18. The van der Waals surface area contributed by atoms with Crippen LogP contribution in [0.25, 0.3) is 22.0 Å². The Kier molecular flexibility index (Phi) is 13.0. The lowest BCUT2D eigenvalue weighted by molar-refractivity contribution is -0.143. The Morgan fingerprint density at radius 2 is 1.65 bits per heavy atom. The summed E-state index contributed by atoms with van der Waals surface area (Å²) >= 11 is 6.53. The van der Waals surface area contributed by atoms with Crippen LogP contribution in [-0.2, 0) is 69.4 Å². The standard InChI is InChI=1S/C39H32ClF10N7O4S2/c1-36(2,62(3)60)11-9-23-5-6-24(25-7-8-27(40)30-32(25)56(18-38(45,46)47)54-35(30)57(19-58)63(4)61)31(51-23)28(15-20-13-21(41)16-22(42)14-20)52-29(59)17-55-34-26(10-12-37(34,43)44)33(53-55)39(48,49)50/h5-8,13-14,16,19,28H,10,12,15,17-18H2,1-4H3,(H,52,59). The molecule has 63 heavy (non-hydrogen) atoms. The predicted molar refractivity (Wildman–Crippen MR) is 212 cm³/mol. The van der Waals surface area contributed by atoms with Crippen LogP contribution in [0.1, 0.15) is 60.2 Å². The van der Waals surface area contributed by atoms with E-state index in [0.717, 1.165) is 18.4 Å². The molecule has 0 radical (unpaired) electrons. The Hall–Kier alpha value is -5.34. The molecule has 2 amide bonds. The molecule has 5 aromatic rings. The molecule has 0 spiro atoms. The van der Waals surface area contributed by atoms with E-state index in [1.54, 1.807) is 13.8 Å². The lowest BCUT2D eigenvalue weighted by Gasteiger charge is -2.23. The van der Waals surface area contributed by atoms with Crippen molar-refractivity contribution in [3.63, 3.8) is 0 Å². The summed E-state index contributed by atoms with van der Waals surface area (Å²) in [5.74, 6) is -2.26. The first-order valence-electron chi connectivity index (χ1n) is 18.2. The Balaban J connectivity index is 1.62. The molecule has 2 aromatic carbocycles. The number of alkyl halides is 8. The van der Waals surface area contributed by atoms with Crippen molar-refractivity contribution in [1.29, 1.82) is 0 Å². The maximum Gasteiger partial charge on any atom is 0.435 e. The fraction of sp³-hybridized carbons (Fsp3) is 0.359. The maximum absolute atomic E-state index is 15.0. The number of nitrogens with one attached hydrogen (secondary N) is 1. The number of nitrogens with zero attached hydrogens (tertiary/aromatic N) is 6. The SMILES string of the molecule is CS(=O)N(C=O)c1nn(CC(F)(F)F)c2c(-c3ccc(C#CC(C)(C)S(C)=O)nc3C(Cc3cc(F)cc(F)c3)NC(=O)Cn3nc(C(F)(F)F)c4c3C(F)(F)CC4)ccc(Cl)c12. The van der Waals surface area contributed by atoms with Crippen LogP contribution in [0.2, 0.25) is 5.02 Å². The van der Waals surface area contributed by atoms with Crippen molar-refractivity contribution in [2.45, 2.75) is 75.3 Å². The van der Waals surface area contributed by atoms with Crippen LogP contribution in [0.5, 0.6) is 0 Å². The number of fused-ring (bicyclic) bond motifs is 2. The van der Waals surface area contributed by atoms with Gasteiger partial charge in [0, 0.05) is 52.5 Å². The Morgan fingerprint density at radius 1 is 1.00 bits per heavy atom. The van der Waals surface area contributed by atoms with Gasteiger partial charge < -0.3 is 5.32 Å². The zero-order valence-corrected chi connectivity index (χ0v) is 35.4. The zero-order valence-electron chi connectivity index (χ0n) is 33.0. The van der Waals surface area contributed by atoms with Gasteiger partial charge >= 0.3 is 12.4 Å².